The molecule has 1 nitrogen and oxygen atoms in total. The average Bonchev–Trinajstić information content (AvgIpc) is 1.75. The van der Waals surface area contributed by atoms with E-state index in [0.717, 1.165) is 0 Å². The van der Waals surface area contributed by atoms with E-state index in [2.05, 4.69) is 6.79 Å². The number of hydrogen-bond acceptors (Lipinski definition) is 1. The molecule has 0 unspecified atom stereocenters. The minimum absolute atomic E-state index is 0. The van der Waals surface area contributed by atoms with Gasteiger partial charge in [0.2, 0.25) is 0 Å². The van der Waals surface area contributed by atoms with Gasteiger partial charge in [0, 0.05) is 65.4 Å². The molecule has 0 spiro atoms. The Hall–Kier alpha value is 1.88. The molecule has 0 aliphatic carbocycles. The van der Waals surface area contributed by atoms with E-state index in [1.165, 1.54) is 0 Å². The molecule has 0 aliphatic heterocycles. The Kier molecular flexibility index (Phi) is 210. The van der Waals surface area contributed by atoms with Crippen molar-refractivity contribution in [2.45, 2.75) is 27.7 Å². The number of hydrogen-bond donors (Lipinski definition) is 0. The summed E-state index contributed by atoms with van der Waals surface area (Å²) in [4.78, 5) is 7.75. The minimum atomic E-state index is 0. The van der Waals surface area contributed by atoms with Crippen LogP contribution in [0.15, 0.2) is 0 Å². The topological polar surface area (TPSA) is 17.1 Å². The summed E-state index contributed by atoms with van der Waals surface area (Å²) in [6.45, 7) is 11.2. The summed E-state index contributed by atoms with van der Waals surface area (Å²) in [5.41, 5.74) is 0. The molecule has 0 fully saturated rings. The van der Waals surface area contributed by atoms with Gasteiger partial charge in [-0.05, 0) is 0 Å². The van der Waals surface area contributed by atoms with Crippen LogP contribution in [0.2, 0.25) is 0 Å². The third kappa shape index (κ3) is 221. The summed E-state index contributed by atoms with van der Waals surface area (Å²) in [6, 6.07) is 0. The SMILES string of the molecule is C[CH-]C.C[CH-]C.[CH-]=O.[Y].[Y]. The van der Waals surface area contributed by atoms with Gasteiger partial charge < -0.3 is 17.6 Å². The van der Waals surface area contributed by atoms with Gasteiger partial charge >= 0.3 is 0 Å². The second-order valence-electron chi connectivity index (χ2n) is 1.15. The molecule has 0 saturated carbocycles. The molecule has 0 bridgehead atoms. The van der Waals surface area contributed by atoms with E-state index in [4.69, 9.17) is 4.79 Å². The van der Waals surface area contributed by atoms with Crippen LogP contribution in [0.3, 0.4) is 0 Å². The van der Waals surface area contributed by atoms with Crippen molar-refractivity contribution >= 4 is 6.79 Å². The molecule has 0 N–H and O–H groups in total. The van der Waals surface area contributed by atoms with E-state index in [9.17, 15) is 0 Å². The molecular weight excluding hydrogens is 278 g/mol. The van der Waals surface area contributed by atoms with E-state index in [1.807, 2.05) is 40.5 Å². The first-order valence-corrected chi connectivity index (χ1v) is 2.55. The Morgan fingerprint density at radius 2 is 0.800 bits per heavy atom. The molecule has 0 atom stereocenters. The number of carbonyl (C=O) groups excluding carboxylic acids is 1. The van der Waals surface area contributed by atoms with Crippen LogP contribution in [0.1, 0.15) is 27.7 Å². The molecule has 3 heteroatoms. The van der Waals surface area contributed by atoms with Crippen LogP contribution in [0, 0.1) is 12.8 Å². The van der Waals surface area contributed by atoms with Crippen LogP contribution >= 0.6 is 0 Å². The molecular formula is C7H15OY2-3. The fourth-order valence-electron chi connectivity index (χ4n) is 0. The zero-order valence-electron chi connectivity index (χ0n) is 7.29. The predicted octanol–water partition coefficient (Wildman–Crippen LogP) is 2.18. The molecule has 10 heavy (non-hydrogen) atoms. The van der Waals surface area contributed by atoms with Crippen molar-refractivity contribution in [2.75, 3.05) is 0 Å². The van der Waals surface area contributed by atoms with Crippen LogP contribution in [0.25, 0.3) is 0 Å². The first kappa shape index (κ1) is 29.7. The Balaban J connectivity index is -0.0000000116. The first-order chi connectivity index (χ1) is 3.83. The van der Waals surface area contributed by atoms with E-state index in [0.29, 0.717) is 0 Å². The maximum atomic E-state index is 7.75. The van der Waals surface area contributed by atoms with Crippen molar-refractivity contribution < 1.29 is 70.2 Å². The summed E-state index contributed by atoms with van der Waals surface area (Å²) in [6.07, 6.45) is 4.00. The van der Waals surface area contributed by atoms with Gasteiger partial charge in [0.25, 0.3) is 0 Å². The quantitative estimate of drug-likeness (QED) is 0.494. The number of rotatable bonds is 0. The van der Waals surface area contributed by atoms with Gasteiger partial charge in [-0.3, -0.25) is 6.79 Å². The first-order valence-electron chi connectivity index (χ1n) is 2.55. The standard InChI is InChI=1S/2C3H7.CHO.2Y/c2*1-3-2;1-2;;/h2*3H,1-2H3;1H;;/q3*-1;;. The molecule has 0 aromatic rings. The minimum Gasteiger partial charge on any atom is -0.545 e. The zero-order valence-corrected chi connectivity index (χ0v) is 13.0. The molecule has 0 saturated heterocycles. The summed E-state index contributed by atoms with van der Waals surface area (Å²) in [7, 11) is 0. The fraction of sp³-hybridized carbons (Fsp3) is 0.571. The van der Waals surface area contributed by atoms with Crippen LogP contribution in [-0.2, 0) is 70.2 Å². The Morgan fingerprint density at radius 3 is 0.800 bits per heavy atom. The summed E-state index contributed by atoms with van der Waals surface area (Å²) in [5, 5.41) is 0. The van der Waals surface area contributed by atoms with Gasteiger partial charge in [-0.2, -0.15) is 27.7 Å². The smallest absolute Gasteiger partial charge is 0 e. The van der Waals surface area contributed by atoms with Gasteiger partial charge in [-0.25, -0.2) is 0 Å². The second-order valence-corrected chi connectivity index (χ2v) is 1.15. The van der Waals surface area contributed by atoms with Gasteiger partial charge in [0.1, 0.15) is 0 Å². The van der Waals surface area contributed by atoms with Crippen LogP contribution in [0.4, 0.5) is 0 Å². The third-order valence-electron chi connectivity index (χ3n) is 0. The Morgan fingerprint density at radius 1 is 0.800 bits per heavy atom. The molecule has 58 valence electrons. The second kappa shape index (κ2) is 70.6. The van der Waals surface area contributed by atoms with Crippen LogP contribution in [0.5, 0.6) is 0 Å². The maximum Gasteiger partial charge on any atom is 0 e. The van der Waals surface area contributed by atoms with Crippen molar-refractivity contribution in [1.29, 1.82) is 0 Å². The molecule has 0 rings (SSSR count). The average molecular weight is 293 g/mol. The van der Waals surface area contributed by atoms with Crippen molar-refractivity contribution in [3.63, 3.8) is 0 Å². The van der Waals surface area contributed by atoms with E-state index < -0.39 is 0 Å². The molecule has 0 aromatic heterocycles. The molecule has 0 amide bonds. The van der Waals surface area contributed by atoms with Crippen molar-refractivity contribution in [3.8, 4) is 0 Å². The monoisotopic (exact) mass is 293 g/mol. The maximum absolute atomic E-state index is 7.75. The Labute approximate surface area is 116 Å². The van der Waals surface area contributed by atoms with Gasteiger partial charge in [-0.1, -0.05) is 0 Å². The molecule has 0 aromatic carbocycles. The van der Waals surface area contributed by atoms with Crippen molar-refractivity contribution in [1.82, 2.24) is 0 Å². The largest absolute Gasteiger partial charge is 0.545 e. The van der Waals surface area contributed by atoms with E-state index in [-0.39, 0.29) is 65.4 Å². The Bertz CT molecular complexity index is 19.1. The molecule has 0 heterocycles. The normalized spacial score (nSPS) is 4.00. The fourth-order valence-corrected chi connectivity index (χ4v) is 0. The third-order valence-corrected chi connectivity index (χ3v) is 0. The summed E-state index contributed by atoms with van der Waals surface area (Å²) >= 11 is 0. The zero-order chi connectivity index (χ0) is 7.41. The van der Waals surface area contributed by atoms with Crippen molar-refractivity contribution in [3.05, 3.63) is 12.8 Å². The molecule has 0 aliphatic rings. The molecule has 2 radical (unpaired) electrons. The van der Waals surface area contributed by atoms with Gasteiger partial charge in [-0.15, -0.1) is 0 Å². The summed E-state index contributed by atoms with van der Waals surface area (Å²) in [5.74, 6) is 0. The predicted molar refractivity (Wildman–Crippen MR) is 38.0 cm³/mol. The van der Waals surface area contributed by atoms with Crippen molar-refractivity contribution in [2.24, 2.45) is 0 Å². The van der Waals surface area contributed by atoms with Crippen LogP contribution in [-0.4, -0.2) is 6.79 Å². The summed E-state index contributed by atoms with van der Waals surface area (Å²) < 4.78 is 0. The van der Waals surface area contributed by atoms with E-state index >= 15 is 0 Å². The van der Waals surface area contributed by atoms with Crippen LogP contribution < -0.4 is 0 Å². The van der Waals surface area contributed by atoms with Gasteiger partial charge in [0.05, 0.1) is 0 Å². The van der Waals surface area contributed by atoms with E-state index in [1.54, 1.807) is 0 Å². The van der Waals surface area contributed by atoms with Gasteiger partial charge in [0.15, 0.2) is 0 Å².